The van der Waals surface area contributed by atoms with Crippen molar-refractivity contribution in [1.29, 1.82) is 0 Å². The molecule has 0 spiro atoms. The Balaban J connectivity index is 1.54. The number of ether oxygens (including phenoxy) is 1. The summed E-state index contributed by atoms with van der Waals surface area (Å²) in [6.07, 6.45) is 0.962. The number of aryl methyl sites for hydroxylation is 1. The molecule has 1 saturated heterocycles. The second-order valence-corrected chi connectivity index (χ2v) is 11.7. The van der Waals surface area contributed by atoms with Crippen molar-refractivity contribution in [2.75, 3.05) is 26.8 Å². The lowest BCUT2D eigenvalue weighted by atomic mass is 9.98. The molecule has 1 aromatic carbocycles. The third-order valence-corrected chi connectivity index (χ3v) is 9.77. The molecule has 7 nitrogen and oxygen atoms in total. The Hall–Kier alpha value is -1.85. The minimum Gasteiger partial charge on any atom is -0.383 e. The number of amides is 1. The van der Waals surface area contributed by atoms with E-state index in [1.165, 1.54) is 27.0 Å². The van der Waals surface area contributed by atoms with Gasteiger partial charge in [-0.05, 0) is 48.9 Å². The maximum absolute atomic E-state index is 13.0. The van der Waals surface area contributed by atoms with Crippen LogP contribution in [0.15, 0.2) is 44.9 Å². The third-order valence-electron chi connectivity index (χ3n) is 5.46. The number of methoxy groups -OCH3 is 1. The number of aromatic nitrogens is 1. The van der Waals surface area contributed by atoms with Crippen LogP contribution in [0.2, 0.25) is 0 Å². The van der Waals surface area contributed by atoms with Crippen molar-refractivity contribution >= 4 is 48.8 Å². The molecule has 2 aromatic heterocycles. The number of rotatable bonds is 6. The molecule has 0 saturated carbocycles. The zero-order chi connectivity index (χ0) is 22.0. The first kappa shape index (κ1) is 22.3. The minimum absolute atomic E-state index is 0.178. The molecule has 0 aliphatic carbocycles. The van der Waals surface area contributed by atoms with E-state index < -0.39 is 10.0 Å². The monoisotopic (exact) mass is 479 g/mol. The third kappa shape index (κ3) is 4.68. The number of sulfonamides is 1. The lowest BCUT2D eigenvalue weighted by molar-refractivity contribution is -0.122. The van der Waals surface area contributed by atoms with Crippen molar-refractivity contribution in [3.8, 4) is 0 Å². The molecule has 0 unspecified atom stereocenters. The summed E-state index contributed by atoms with van der Waals surface area (Å²) >= 11 is 2.72. The highest BCUT2D eigenvalue weighted by atomic mass is 32.2. The van der Waals surface area contributed by atoms with E-state index in [-0.39, 0.29) is 11.8 Å². The number of fused-ring (bicyclic) bond motifs is 1. The van der Waals surface area contributed by atoms with Crippen LogP contribution in [0.4, 0.5) is 0 Å². The largest absolute Gasteiger partial charge is 0.383 e. The Bertz CT molecular complexity index is 1230. The minimum atomic E-state index is -3.47. The molecule has 3 heterocycles. The Morgan fingerprint density at radius 3 is 2.71 bits per heavy atom. The molecular weight excluding hydrogens is 454 g/mol. The predicted molar refractivity (Wildman–Crippen MR) is 123 cm³/mol. The van der Waals surface area contributed by atoms with Gasteiger partial charge >= 0.3 is 0 Å². The summed E-state index contributed by atoms with van der Waals surface area (Å²) < 4.78 is 35.6. The Morgan fingerprint density at radius 2 is 2.03 bits per heavy atom. The standard InChI is InChI=1S/C21H25N3O4S3/c1-15-5-6-17-18(14-15)30-21(24(17)11-12-28-2)22-20(25)16-7-9-23(10-8-16)31(26,27)19-4-3-13-29-19/h3-6,13-14,16H,7-12H2,1-2H3. The van der Waals surface area contributed by atoms with Crippen molar-refractivity contribution < 1.29 is 17.9 Å². The van der Waals surface area contributed by atoms with Gasteiger partial charge in [-0.2, -0.15) is 9.30 Å². The van der Waals surface area contributed by atoms with Crippen LogP contribution in [0.25, 0.3) is 10.2 Å². The van der Waals surface area contributed by atoms with E-state index >= 15 is 0 Å². The van der Waals surface area contributed by atoms with Crippen LogP contribution in [0, 0.1) is 12.8 Å². The molecule has 1 aliphatic heterocycles. The number of benzene rings is 1. The summed E-state index contributed by atoms with van der Waals surface area (Å²) in [4.78, 5) is 18.1. The highest BCUT2D eigenvalue weighted by Gasteiger charge is 2.32. The van der Waals surface area contributed by atoms with E-state index in [1.54, 1.807) is 24.6 Å². The van der Waals surface area contributed by atoms with Gasteiger partial charge < -0.3 is 9.30 Å². The summed E-state index contributed by atoms with van der Waals surface area (Å²) in [6.45, 7) is 3.85. The van der Waals surface area contributed by atoms with E-state index in [9.17, 15) is 13.2 Å². The van der Waals surface area contributed by atoms with Gasteiger partial charge in [-0.3, -0.25) is 4.79 Å². The maximum Gasteiger partial charge on any atom is 0.252 e. The van der Waals surface area contributed by atoms with Gasteiger partial charge in [0.25, 0.3) is 15.9 Å². The highest BCUT2D eigenvalue weighted by Crippen LogP contribution is 2.27. The molecule has 0 N–H and O–H groups in total. The number of carbonyl (C=O) groups is 1. The van der Waals surface area contributed by atoms with Gasteiger partial charge in [-0.1, -0.05) is 23.5 Å². The molecule has 0 bridgehead atoms. The van der Waals surface area contributed by atoms with Gasteiger partial charge in [0.15, 0.2) is 4.80 Å². The molecule has 3 aromatic rings. The molecule has 0 radical (unpaired) electrons. The summed E-state index contributed by atoms with van der Waals surface area (Å²) in [5.41, 5.74) is 2.20. The topological polar surface area (TPSA) is 81.0 Å². The molecule has 1 aliphatic rings. The second kappa shape index (κ2) is 9.33. The van der Waals surface area contributed by atoms with Crippen molar-refractivity contribution in [1.82, 2.24) is 8.87 Å². The maximum atomic E-state index is 13.0. The highest BCUT2D eigenvalue weighted by molar-refractivity contribution is 7.91. The lowest BCUT2D eigenvalue weighted by Gasteiger charge is -2.29. The first-order valence-corrected chi connectivity index (χ1v) is 13.2. The summed E-state index contributed by atoms with van der Waals surface area (Å²) in [5, 5.41) is 1.76. The molecular formula is C21H25N3O4S3. The van der Waals surface area contributed by atoms with Gasteiger partial charge in [-0.25, -0.2) is 8.42 Å². The normalized spacial score (nSPS) is 16.9. The predicted octanol–water partition coefficient (Wildman–Crippen LogP) is 3.25. The smallest absolute Gasteiger partial charge is 0.252 e. The van der Waals surface area contributed by atoms with Gasteiger partial charge in [-0.15, -0.1) is 11.3 Å². The van der Waals surface area contributed by atoms with E-state index in [4.69, 9.17) is 4.74 Å². The fraction of sp³-hybridized carbons (Fsp3) is 0.429. The van der Waals surface area contributed by atoms with Crippen molar-refractivity contribution in [2.45, 2.75) is 30.5 Å². The van der Waals surface area contributed by atoms with Crippen LogP contribution >= 0.6 is 22.7 Å². The SMILES string of the molecule is COCCn1c(=NC(=O)C2CCN(S(=O)(=O)c3cccs3)CC2)sc2cc(C)ccc21. The zero-order valence-corrected chi connectivity index (χ0v) is 19.9. The van der Waals surface area contributed by atoms with Crippen LogP contribution in [0.3, 0.4) is 0 Å². The number of thiazole rings is 1. The summed E-state index contributed by atoms with van der Waals surface area (Å²) in [6, 6.07) is 9.55. The van der Waals surface area contributed by atoms with Crippen LogP contribution in [0.1, 0.15) is 18.4 Å². The average molecular weight is 480 g/mol. The fourth-order valence-corrected chi connectivity index (χ4v) is 7.50. The van der Waals surface area contributed by atoms with Crippen LogP contribution in [-0.4, -0.2) is 50.0 Å². The van der Waals surface area contributed by atoms with Crippen molar-refractivity contribution in [2.24, 2.45) is 10.9 Å². The number of nitrogens with zero attached hydrogens (tertiary/aromatic N) is 3. The first-order chi connectivity index (χ1) is 14.9. The second-order valence-electron chi connectivity index (χ2n) is 7.56. The van der Waals surface area contributed by atoms with Crippen LogP contribution in [0.5, 0.6) is 0 Å². The van der Waals surface area contributed by atoms with E-state index in [0.29, 0.717) is 48.1 Å². The number of thiophene rings is 1. The van der Waals surface area contributed by atoms with Crippen LogP contribution in [-0.2, 0) is 26.1 Å². The van der Waals surface area contributed by atoms with E-state index in [1.807, 2.05) is 23.6 Å². The average Bonchev–Trinajstić information content (AvgIpc) is 3.41. The van der Waals surface area contributed by atoms with Gasteiger partial charge in [0.1, 0.15) is 4.21 Å². The molecule has 4 rings (SSSR count). The lowest BCUT2D eigenvalue weighted by Crippen LogP contribution is -2.40. The van der Waals surface area contributed by atoms with Crippen molar-refractivity contribution in [3.05, 3.63) is 46.1 Å². The van der Waals surface area contributed by atoms with E-state index in [2.05, 4.69) is 11.1 Å². The number of hydrogen-bond acceptors (Lipinski definition) is 6. The Labute approximate surface area is 189 Å². The first-order valence-electron chi connectivity index (χ1n) is 10.1. The molecule has 1 amide bonds. The molecule has 10 heteroatoms. The summed E-state index contributed by atoms with van der Waals surface area (Å²) in [5.74, 6) is -0.444. The fourth-order valence-electron chi connectivity index (χ4n) is 3.73. The van der Waals surface area contributed by atoms with Gasteiger partial charge in [0, 0.05) is 32.7 Å². The number of hydrogen-bond donors (Lipinski definition) is 0. The number of carbonyl (C=O) groups excluding carboxylic acids is 1. The van der Waals surface area contributed by atoms with Gasteiger partial charge in [0.05, 0.1) is 16.8 Å². The Morgan fingerprint density at radius 1 is 1.26 bits per heavy atom. The molecule has 166 valence electrons. The van der Waals surface area contributed by atoms with E-state index in [0.717, 1.165) is 15.8 Å². The Kier molecular flexibility index (Phi) is 6.73. The molecule has 1 fully saturated rings. The van der Waals surface area contributed by atoms with Crippen LogP contribution < -0.4 is 4.80 Å². The number of piperidine rings is 1. The quantitative estimate of drug-likeness (QED) is 0.544. The van der Waals surface area contributed by atoms with Gasteiger partial charge in [0.2, 0.25) is 0 Å². The zero-order valence-electron chi connectivity index (χ0n) is 17.5. The molecule has 31 heavy (non-hydrogen) atoms. The van der Waals surface area contributed by atoms with Crippen molar-refractivity contribution in [3.63, 3.8) is 0 Å². The molecule has 0 atom stereocenters. The summed E-state index contributed by atoms with van der Waals surface area (Å²) in [7, 11) is -1.82.